The van der Waals surface area contributed by atoms with Crippen molar-refractivity contribution in [3.05, 3.63) is 42.5 Å². The van der Waals surface area contributed by atoms with Gasteiger partial charge in [-0.2, -0.15) is 0 Å². The Balaban J connectivity index is 1.64. The number of rotatable bonds is 7. The van der Waals surface area contributed by atoms with Crippen LogP contribution in [0, 0.1) is 6.92 Å². The molecule has 0 bridgehead atoms. The highest BCUT2D eigenvalue weighted by Crippen LogP contribution is 2.17. The molecule has 0 spiro atoms. The number of hydrogen-bond donors (Lipinski definition) is 2. The maximum Gasteiger partial charge on any atom is 0.191 e. The number of aryl methyl sites for hydroxylation is 1. The topological polar surface area (TPSA) is 42.9 Å². The minimum atomic E-state index is 0.737. The molecular formula is C19H31N5. The molecule has 2 rings (SSSR count). The zero-order valence-electron chi connectivity index (χ0n) is 15.1. The second-order valence-corrected chi connectivity index (χ2v) is 6.19. The predicted molar refractivity (Wildman–Crippen MR) is 104 cm³/mol. The second-order valence-electron chi connectivity index (χ2n) is 6.19. The van der Waals surface area contributed by atoms with Crippen LogP contribution in [-0.2, 0) is 0 Å². The minimum Gasteiger partial charge on any atom is -0.369 e. The van der Waals surface area contributed by atoms with Gasteiger partial charge in [0.05, 0.1) is 0 Å². The molecule has 5 heteroatoms. The number of nitrogens with one attached hydrogen (secondary N) is 2. The van der Waals surface area contributed by atoms with Crippen molar-refractivity contribution >= 4 is 11.6 Å². The van der Waals surface area contributed by atoms with Crippen LogP contribution in [0.15, 0.2) is 41.9 Å². The van der Waals surface area contributed by atoms with Gasteiger partial charge in [0.1, 0.15) is 0 Å². The van der Waals surface area contributed by atoms with Crippen LogP contribution < -0.4 is 15.5 Å². The third-order valence-corrected chi connectivity index (χ3v) is 4.32. The molecule has 1 fully saturated rings. The van der Waals surface area contributed by atoms with Crippen LogP contribution in [-0.4, -0.2) is 63.7 Å². The van der Waals surface area contributed by atoms with Crippen molar-refractivity contribution in [3.8, 4) is 0 Å². The number of aliphatic imine (C=N–C) groups is 1. The van der Waals surface area contributed by atoms with Crippen LogP contribution in [0.3, 0.4) is 0 Å². The van der Waals surface area contributed by atoms with E-state index in [1.807, 2.05) is 6.08 Å². The Morgan fingerprint density at radius 3 is 2.71 bits per heavy atom. The molecule has 1 aliphatic heterocycles. The monoisotopic (exact) mass is 329 g/mol. The van der Waals surface area contributed by atoms with E-state index in [4.69, 9.17) is 0 Å². The summed E-state index contributed by atoms with van der Waals surface area (Å²) < 4.78 is 0. The lowest BCUT2D eigenvalue weighted by Gasteiger charge is -2.36. The van der Waals surface area contributed by atoms with E-state index in [1.165, 1.54) is 11.3 Å². The van der Waals surface area contributed by atoms with Gasteiger partial charge in [0.2, 0.25) is 0 Å². The third kappa shape index (κ3) is 5.89. The smallest absolute Gasteiger partial charge is 0.191 e. The maximum absolute atomic E-state index is 4.19. The van der Waals surface area contributed by atoms with Crippen LogP contribution in [0.1, 0.15) is 12.0 Å². The maximum atomic E-state index is 4.19. The second kappa shape index (κ2) is 9.98. The Labute approximate surface area is 146 Å². The molecule has 1 aromatic carbocycles. The van der Waals surface area contributed by atoms with Crippen LogP contribution >= 0.6 is 0 Å². The molecule has 0 amide bonds. The molecule has 1 aromatic rings. The molecule has 0 atom stereocenters. The van der Waals surface area contributed by atoms with Crippen LogP contribution in [0.4, 0.5) is 5.69 Å². The van der Waals surface area contributed by atoms with E-state index >= 15 is 0 Å². The van der Waals surface area contributed by atoms with Gasteiger partial charge in [-0.25, -0.2) is 0 Å². The van der Waals surface area contributed by atoms with Crippen molar-refractivity contribution in [1.82, 2.24) is 15.5 Å². The number of anilines is 1. The summed E-state index contributed by atoms with van der Waals surface area (Å²) in [4.78, 5) is 9.23. The van der Waals surface area contributed by atoms with E-state index in [-0.39, 0.29) is 0 Å². The molecule has 0 unspecified atom stereocenters. The molecule has 0 saturated carbocycles. The normalized spacial score (nSPS) is 16.1. The van der Waals surface area contributed by atoms with Crippen molar-refractivity contribution in [1.29, 1.82) is 0 Å². The van der Waals surface area contributed by atoms with Gasteiger partial charge in [0.25, 0.3) is 0 Å². The van der Waals surface area contributed by atoms with Crippen molar-refractivity contribution in [2.75, 3.05) is 57.8 Å². The lowest BCUT2D eigenvalue weighted by atomic mass is 10.2. The Hall–Kier alpha value is -2.01. The lowest BCUT2D eigenvalue weighted by Crippen LogP contribution is -2.47. The summed E-state index contributed by atoms with van der Waals surface area (Å²) >= 11 is 0. The van der Waals surface area contributed by atoms with Crippen LogP contribution in [0.25, 0.3) is 0 Å². The first-order valence-electron chi connectivity index (χ1n) is 8.82. The van der Waals surface area contributed by atoms with E-state index in [9.17, 15) is 0 Å². The number of hydrogen-bond acceptors (Lipinski definition) is 3. The number of guanidine groups is 1. The first-order chi connectivity index (χ1) is 11.7. The third-order valence-electron chi connectivity index (χ3n) is 4.32. The highest BCUT2D eigenvalue weighted by Gasteiger charge is 2.16. The Bertz CT molecular complexity index is 532. The molecule has 132 valence electrons. The molecule has 0 radical (unpaired) electrons. The summed E-state index contributed by atoms with van der Waals surface area (Å²) in [5.41, 5.74) is 2.69. The summed E-state index contributed by atoms with van der Waals surface area (Å²) in [6.45, 7) is 13.2. The summed E-state index contributed by atoms with van der Waals surface area (Å²) in [6.07, 6.45) is 2.96. The SMILES string of the molecule is C=CCNC(=NC)NCCCN1CCN(c2cccc(C)c2)CC1. The summed E-state index contributed by atoms with van der Waals surface area (Å²) in [5, 5.41) is 6.53. The molecular weight excluding hydrogens is 298 g/mol. The van der Waals surface area contributed by atoms with Crippen LogP contribution in [0.2, 0.25) is 0 Å². The molecule has 1 saturated heterocycles. The van der Waals surface area contributed by atoms with Gasteiger partial charge in [0, 0.05) is 52.0 Å². The van der Waals surface area contributed by atoms with Gasteiger partial charge in [-0.1, -0.05) is 18.2 Å². The van der Waals surface area contributed by atoms with E-state index in [1.54, 1.807) is 7.05 Å². The molecule has 0 aliphatic carbocycles. The Morgan fingerprint density at radius 2 is 2.04 bits per heavy atom. The molecule has 5 nitrogen and oxygen atoms in total. The fourth-order valence-electron chi connectivity index (χ4n) is 2.95. The van der Waals surface area contributed by atoms with Crippen molar-refractivity contribution in [2.24, 2.45) is 4.99 Å². The fourth-order valence-corrected chi connectivity index (χ4v) is 2.95. The predicted octanol–water partition coefficient (Wildman–Crippen LogP) is 1.86. The average Bonchev–Trinajstić information content (AvgIpc) is 2.61. The first-order valence-corrected chi connectivity index (χ1v) is 8.82. The molecule has 2 N–H and O–H groups in total. The van der Waals surface area contributed by atoms with Crippen molar-refractivity contribution in [3.63, 3.8) is 0 Å². The number of piperazine rings is 1. The van der Waals surface area contributed by atoms with Crippen molar-refractivity contribution in [2.45, 2.75) is 13.3 Å². The van der Waals surface area contributed by atoms with E-state index < -0.39 is 0 Å². The van der Waals surface area contributed by atoms with Gasteiger partial charge in [-0.3, -0.25) is 9.89 Å². The quantitative estimate of drug-likeness (QED) is 0.347. The molecule has 1 aliphatic rings. The van der Waals surface area contributed by atoms with E-state index in [0.29, 0.717) is 0 Å². The van der Waals surface area contributed by atoms with Crippen molar-refractivity contribution < 1.29 is 0 Å². The summed E-state index contributed by atoms with van der Waals surface area (Å²) in [6, 6.07) is 8.80. The Kier molecular flexibility index (Phi) is 7.62. The zero-order chi connectivity index (χ0) is 17.2. The number of nitrogens with zero attached hydrogens (tertiary/aromatic N) is 3. The number of benzene rings is 1. The minimum absolute atomic E-state index is 0.737. The average molecular weight is 329 g/mol. The van der Waals surface area contributed by atoms with E-state index in [0.717, 1.165) is 58.2 Å². The molecule has 1 heterocycles. The highest BCUT2D eigenvalue weighted by molar-refractivity contribution is 5.79. The first kappa shape index (κ1) is 18.3. The standard InChI is InChI=1S/C19H31N5/c1-4-9-21-19(20-3)22-10-6-11-23-12-14-24(15-13-23)18-8-5-7-17(2)16-18/h4-5,7-8,16H,1,6,9-15H2,2-3H3,(H2,20,21,22). The molecule has 0 aromatic heterocycles. The van der Waals surface area contributed by atoms with Crippen LogP contribution in [0.5, 0.6) is 0 Å². The van der Waals surface area contributed by atoms with E-state index in [2.05, 4.69) is 63.2 Å². The van der Waals surface area contributed by atoms with Gasteiger partial charge in [-0.15, -0.1) is 6.58 Å². The highest BCUT2D eigenvalue weighted by atomic mass is 15.3. The lowest BCUT2D eigenvalue weighted by molar-refractivity contribution is 0.255. The largest absolute Gasteiger partial charge is 0.369 e. The summed E-state index contributed by atoms with van der Waals surface area (Å²) in [5.74, 6) is 0.846. The molecule has 24 heavy (non-hydrogen) atoms. The zero-order valence-corrected chi connectivity index (χ0v) is 15.1. The Morgan fingerprint density at radius 1 is 1.25 bits per heavy atom. The van der Waals surface area contributed by atoms with Gasteiger partial charge < -0.3 is 15.5 Å². The fraction of sp³-hybridized carbons (Fsp3) is 0.526. The van der Waals surface area contributed by atoms with Gasteiger partial charge in [-0.05, 0) is 37.6 Å². The van der Waals surface area contributed by atoms with Gasteiger partial charge in [0.15, 0.2) is 5.96 Å². The summed E-state index contributed by atoms with van der Waals surface area (Å²) in [7, 11) is 1.79. The van der Waals surface area contributed by atoms with Gasteiger partial charge >= 0.3 is 0 Å².